The number of rotatable bonds is 2. The number of ether oxygens (including phenoxy) is 1. The third-order valence-corrected chi connectivity index (χ3v) is 3.14. The monoisotopic (exact) mass is 250 g/mol. The maximum atomic E-state index is 9.95. The van der Waals surface area contributed by atoms with Gasteiger partial charge in [0.05, 0.1) is 24.7 Å². The summed E-state index contributed by atoms with van der Waals surface area (Å²) in [6, 6.07) is 1.67. The molecule has 2 aromatic heterocycles. The fourth-order valence-corrected chi connectivity index (χ4v) is 2.24. The number of aromatic nitrogens is 3. The Hall–Kier alpha value is -1.70. The normalized spacial score (nSPS) is 28.0. The zero-order valence-corrected chi connectivity index (χ0v) is 9.60. The van der Waals surface area contributed by atoms with Gasteiger partial charge in [0.15, 0.2) is 11.9 Å². The first-order valence-corrected chi connectivity index (χ1v) is 5.72. The highest BCUT2D eigenvalue weighted by Gasteiger charge is 2.35. The lowest BCUT2D eigenvalue weighted by atomic mass is 10.2. The lowest BCUT2D eigenvalue weighted by Gasteiger charge is -2.16. The molecule has 0 aliphatic carbocycles. The maximum absolute atomic E-state index is 9.95. The van der Waals surface area contributed by atoms with Gasteiger partial charge in [0.2, 0.25) is 0 Å². The van der Waals surface area contributed by atoms with Crippen LogP contribution in [0, 0.1) is 0 Å². The van der Waals surface area contributed by atoms with E-state index in [4.69, 9.17) is 15.6 Å². The minimum atomic E-state index is -0.692. The Balaban J connectivity index is 2.02. The number of imidazole rings is 1. The van der Waals surface area contributed by atoms with Gasteiger partial charge in [-0.1, -0.05) is 0 Å². The lowest BCUT2D eigenvalue weighted by Crippen LogP contribution is -2.19. The molecule has 1 aliphatic heterocycles. The van der Waals surface area contributed by atoms with Crippen molar-refractivity contribution in [2.24, 2.45) is 0 Å². The van der Waals surface area contributed by atoms with Crippen molar-refractivity contribution in [3.8, 4) is 0 Å². The summed E-state index contributed by atoms with van der Waals surface area (Å²) in [7, 11) is 0. The van der Waals surface area contributed by atoms with Crippen molar-refractivity contribution in [1.29, 1.82) is 0 Å². The number of nitrogens with two attached hydrogens (primary N) is 1. The van der Waals surface area contributed by atoms with Crippen LogP contribution in [-0.4, -0.2) is 43.6 Å². The number of hydrogen-bond acceptors (Lipinski definition) is 6. The molecule has 0 saturated carbocycles. The summed E-state index contributed by atoms with van der Waals surface area (Å²) in [4.78, 5) is 8.37. The van der Waals surface area contributed by atoms with Crippen LogP contribution in [0.4, 0.5) is 5.69 Å². The first kappa shape index (κ1) is 11.4. The number of hydrogen-bond donors (Lipinski definition) is 3. The number of nitrogen functional groups attached to an aromatic ring is 1. The molecular formula is C11H14N4O3. The van der Waals surface area contributed by atoms with E-state index in [-0.39, 0.29) is 12.7 Å². The second-order valence-corrected chi connectivity index (χ2v) is 4.36. The minimum Gasteiger partial charge on any atom is -0.397 e. The van der Waals surface area contributed by atoms with Gasteiger partial charge in [-0.25, -0.2) is 9.97 Å². The Kier molecular flexibility index (Phi) is 2.66. The number of aliphatic hydroxyl groups is 2. The van der Waals surface area contributed by atoms with Gasteiger partial charge in [-0.05, 0) is 6.07 Å². The van der Waals surface area contributed by atoms with Gasteiger partial charge in [0.25, 0.3) is 0 Å². The van der Waals surface area contributed by atoms with Crippen LogP contribution in [0.2, 0.25) is 0 Å². The molecule has 2 aromatic rings. The van der Waals surface area contributed by atoms with E-state index in [1.807, 2.05) is 0 Å². The van der Waals surface area contributed by atoms with Crippen LogP contribution in [0.1, 0.15) is 12.6 Å². The largest absolute Gasteiger partial charge is 0.397 e. The van der Waals surface area contributed by atoms with Crippen molar-refractivity contribution in [2.75, 3.05) is 12.3 Å². The Bertz CT molecular complexity index is 570. The van der Waals surface area contributed by atoms with E-state index in [1.165, 1.54) is 0 Å². The van der Waals surface area contributed by atoms with Crippen LogP contribution in [-0.2, 0) is 4.74 Å². The van der Waals surface area contributed by atoms with Crippen molar-refractivity contribution in [2.45, 2.75) is 24.9 Å². The molecule has 0 bridgehead atoms. The van der Waals surface area contributed by atoms with Gasteiger partial charge >= 0.3 is 0 Å². The van der Waals surface area contributed by atoms with Crippen LogP contribution >= 0.6 is 0 Å². The first-order valence-electron chi connectivity index (χ1n) is 5.72. The highest BCUT2D eigenvalue weighted by atomic mass is 16.5. The standard InChI is InChI=1S/C11H14N4O3/c12-7-1-2-13-10-9(7)14-5-15(10)11-8(17)3-6(4-16)18-11/h1-2,5-6,8,11,16-17H,3-4H2,(H2,12,13). The molecule has 18 heavy (non-hydrogen) atoms. The fraction of sp³-hybridized carbons (Fsp3) is 0.455. The average molecular weight is 250 g/mol. The van der Waals surface area contributed by atoms with Crippen LogP contribution < -0.4 is 5.73 Å². The summed E-state index contributed by atoms with van der Waals surface area (Å²) in [5, 5.41) is 19.0. The van der Waals surface area contributed by atoms with Crippen molar-refractivity contribution >= 4 is 16.9 Å². The minimum absolute atomic E-state index is 0.115. The zero-order chi connectivity index (χ0) is 12.7. The second kappa shape index (κ2) is 4.20. The summed E-state index contributed by atoms with van der Waals surface area (Å²) in [5.74, 6) is 0. The van der Waals surface area contributed by atoms with Crippen molar-refractivity contribution in [3.63, 3.8) is 0 Å². The maximum Gasteiger partial charge on any atom is 0.164 e. The predicted molar refractivity (Wildman–Crippen MR) is 63.6 cm³/mol. The topological polar surface area (TPSA) is 106 Å². The molecule has 7 nitrogen and oxygen atoms in total. The molecular weight excluding hydrogens is 236 g/mol. The average Bonchev–Trinajstić information content (AvgIpc) is 2.93. The van der Waals surface area contributed by atoms with Crippen molar-refractivity contribution in [1.82, 2.24) is 14.5 Å². The molecule has 4 N–H and O–H groups in total. The van der Waals surface area contributed by atoms with Crippen LogP contribution in [0.3, 0.4) is 0 Å². The van der Waals surface area contributed by atoms with E-state index in [0.29, 0.717) is 23.3 Å². The summed E-state index contributed by atoms with van der Waals surface area (Å²) in [5.41, 5.74) is 7.48. The van der Waals surface area contributed by atoms with E-state index >= 15 is 0 Å². The van der Waals surface area contributed by atoms with E-state index in [1.54, 1.807) is 23.2 Å². The number of nitrogens with zero attached hydrogens (tertiary/aromatic N) is 3. The molecule has 1 aliphatic rings. The van der Waals surface area contributed by atoms with Crippen molar-refractivity contribution < 1.29 is 14.9 Å². The smallest absolute Gasteiger partial charge is 0.164 e. The fourth-order valence-electron chi connectivity index (χ4n) is 2.24. The van der Waals surface area contributed by atoms with E-state index < -0.39 is 12.3 Å². The molecule has 1 saturated heterocycles. The molecule has 1 fully saturated rings. The third kappa shape index (κ3) is 1.64. The van der Waals surface area contributed by atoms with Gasteiger partial charge in [-0.15, -0.1) is 0 Å². The van der Waals surface area contributed by atoms with E-state index in [2.05, 4.69) is 9.97 Å². The molecule has 0 amide bonds. The van der Waals surface area contributed by atoms with Gasteiger partial charge in [-0.2, -0.15) is 0 Å². The highest BCUT2D eigenvalue weighted by molar-refractivity contribution is 5.83. The molecule has 3 heterocycles. The molecule has 7 heteroatoms. The summed E-state index contributed by atoms with van der Waals surface area (Å²) >= 11 is 0. The lowest BCUT2D eigenvalue weighted by molar-refractivity contribution is -0.0486. The highest BCUT2D eigenvalue weighted by Crippen LogP contribution is 2.31. The molecule has 0 radical (unpaired) electrons. The van der Waals surface area contributed by atoms with E-state index in [0.717, 1.165) is 0 Å². The molecule has 0 aromatic carbocycles. The van der Waals surface area contributed by atoms with Crippen LogP contribution in [0.15, 0.2) is 18.6 Å². The van der Waals surface area contributed by atoms with Gasteiger partial charge in [0.1, 0.15) is 11.6 Å². The Morgan fingerprint density at radius 3 is 3.06 bits per heavy atom. The second-order valence-electron chi connectivity index (χ2n) is 4.36. The third-order valence-electron chi connectivity index (χ3n) is 3.14. The zero-order valence-electron chi connectivity index (χ0n) is 9.60. The van der Waals surface area contributed by atoms with Crippen molar-refractivity contribution in [3.05, 3.63) is 18.6 Å². The SMILES string of the molecule is Nc1ccnc2c1ncn2C1OC(CO)CC1O. The summed E-state index contributed by atoms with van der Waals surface area (Å²) in [6.07, 6.45) is 1.89. The number of fused-ring (bicyclic) bond motifs is 1. The summed E-state index contributed by atoms with van der Waals surface area (Å²) in [6.45, 7) is -0.115. The first-order chi connectivity index (χ1) is 8.70. The van der Waals surface area contributed by atoms with Gasteiger partial charge in [0, 0.05) is 12.6 Å². The number of anilines is 1. The van der Waals surface area contributed by atoms with Gasteiger partial charge in [-0.3, -0.25) is 4.57 Å². The quantitative estimate of drug-likeness (QED) is 0.673. The molecule has 3 atom stereocenters. The Morgan fingerprint density at radius 1 is 1.50 bits per heavy atom. The number of aliphatic hydroxyl groups excluding tert-OH is 2. The van der Waals surface area contributed by atoms with Gasteiger partial charge < -0.3 is 20.7 Å². The van der Waals surface area contributed by atoms with Crippen LogP contribution in [0.25, 0.3) is 11.2 Å². The molecule has 0 spiro atoms. The summed E-state index contributed by atoms with van der Waals surface area (Å²) < 4.78 is 7.20. The van der Waals surface area contributed by atoms with Crippen LogP contribution in [0.5, 0.6) is 0 Å². The predicted octanol–water partition coefficient (Wildman–Crippen LogP) is -0.346. The number of pyridine rings is 1. The Morgan fingerprint density at radius 2 is 2.33 bits per heavy atom. The molecule has 96 valence electrons. The molecule has 3 rings (SSSR count). The Labute approximate surface area is 103 Å². The van der Waals surface area contributed by atoms with E-state index in [9.17, 15) is 5.11 Å². The molecule has 3 unspecified atom stereocenters.